The zero-order valence-electron chi connectivity index (χ0n) is 11.2. The molecule has 0 aliphatic rings. The van der Waals surface area contributed by atoms with Crippen molar-refractivity contribution >= 4 is 54.8 Å². The van der Waals surface area contributed by atoms with Crippen LogP contribution >= 0.6 is 39.1 Å². The van der Waals surface area contributed by atoms with E-state index in [1.54, 1.807) is 12.1 Å². The Morgan fingerprint density at radius 2 is 1.67 bits per heavy atom. The summed E-state index contributed by atoms with van der Waals surface area (Å²) in [7, 11) is -3.87. The number of halogens is 3. The first-order valence-corrected chi connectivity index (χ1v) is 8.99. The molecule has 2 aromatic rings. The van der Waals surface area contributed by atoms with Gasteiger partial charge in [-0.25, -0.2) is 8.42 Å². The summed E-state index contributed by atoms with van der Waals surface area (Å²) in [4.78, 5) is -0.130. The second-order valence-electron chi connectivity index (χ2n) is 4.55. The summed E-state index contributed by atoms with van der Waals surface area (Å²) < 4.78 is 28.2. The van der Waals surface area contributed by atoms with Crippen LogP contribution in [0, 0.1) is 13.8 Å². The quantitative estimate of drug-likeness (QED) is 0.760. The molecular formula is C14H12BrCl2NO2S. The zero-order chi connectivity index (χ0) is 15.8. The lowest BCUT2D eigenvalue weighted by Crippen LogP contribution is -2.15. The highest BCUT2D eigenvalue weighted by atomic mass is 79.9. The molecule has 0 aliphatic carbocycles. The average Bonchev–Trinajstić information content (AvgIpc) is 2.33. The van der Waals surface area contributed by atoms with Crippen LogP contribution in [0.25, 0.3) is 0 Å². The third-order valence-corrected chi connectivity index (χ3v) is 5.82. The zero-order valence-corrected chi connectivity index (χ0v) is 15.2. The average molecular weight is 409 g/mol. The van der Waals surface area contributed by atoms with Gasteiger partial charge in [-0.15, -0.1) is 0 Å². The van der Waals surface area contributed by atoms with Gasteiger partial charge in [-0.05, 0) is 43.2 Å². The molecule has 0 unspecified atom stereocenters. The minimum atomic E-state index is -3.87. The Bertz CT molecular complexity index is 784. The molecule has 112 valence electrons. The van der Waals surface area contributed by atoms with Gasteiger partial charge in [-0.2, -0.15) is 0 Å². The smallest absolute Gasteiger partial charge is 0.264 e. The maximum atomic E-state index is 12.5. The topological polar surface area (TPSA) is 46.2 Å². The molecule has 1 N–H and O–H groups in total. The Kier molecular flexibility index (Phi) is 4.88. The van der Waals surface area contributed by atoms with E-state index in [4.69, 9.17) is 23.2 Å². The van der Waals surface area contributed by atoms with Crippen LogP contribution in [-0.2, 0) is 10.0 Å². The predicted molar refractivity (Wildman–Crippen MR) is 90.9 cm³/mol. The molecule has 0 atom stereocenters. The van der Waals surface area contributed by atoms with E-state index in [1.807, 2.05) is 19.9 Å². The van der Waals surface area contributed by atoms with E-state index >= 15 is 0 Å². The minimum Gasteiger partial charge on any atom is -0.279 e. The first-order chi connectivity index (χ1) is 9.72. The van der Waals surface area contributed by atoms with Gasteiger partial charge in [0.1, 0.15) is 4.90 Å². The number of nitrogens with one attached hydrogen (secondary N) is 1. The molecule has 0 saturated heterocycles. The molecule has 0 fully saturated rings. The van der Waals surface area contributed by atoms with Crippen molar-refractivity contribution in [2.45, 2.75) is 18.7 Å². The van der Waals surface area contributed by atoms with Crippen LogP contribution in [0.5, 0.6) is 0 Å². The van der Waals surface area contributed by atoms with Crippen molar-refractivity contribution < 1.29 is 8.42 Å². The first kappa shape index (κ1) is 16.6. The van der Waals surface area contributed by atoms with Gasteiger partial charge >= 0.3 is 0 Å². The number of hydrogen-bond donors (Lipinski definition) is 1. The summed E-state index contributed by atoms with van der Waals surface area (Å²) in [6.07, 6.45) is 0. The van der Waals surface area contributed by atoms with Crippen LogP contribution in [-0.4, -0.2) is 8.42 Å². The van der Waals surface area contributed by atoms with Crippen molar-refractivity contribution in [2.75, 3.05) is 4.72 Å². The molecule has 3 nitrogen and oxygen atoms in total. The number of benzene rings is 2. The highest BCUT2D eigenvalue weighted by Crippen LogP contribution is 2.34. The molecule has 7 heteroatoms. The molecule has 0 aromatic heterocycles. The van der Waals surface area contributed by atoms with Crippen LogP contribution < -0.4 is 4.72 Å². The SMILES string of the molecule is Cc1cccc(NS(=O)(=O)c2c(Cl)cc(Br)cc2Cl)c1C. The molecule has 0 heterocycles. The third kappa shape index (κ3) is 3.54. The molecule has 0 saturated carbocycles. The van der Waals surface area contributed by atoms with E-state index in [0.717, 1.165) is 11.1 Å². The van der Waals surface area contributed by atoms with Gasteiger partial charge in [0, 0.05) is 4.47 Å². The monoisotopic (exact) mass is 407 g/mol. The predicted octanol–water partition coefficient (Wildman–Crippen LogP) is 5.17. The molecule has 21 heavy (non-hydrogen) atoms. The van der Waals surface area contributed by atoms with Crippen LogP contribution in [0.15, 0.2) is 39.7 Å². The van der Waals surface area contributed by atoms with Crippen molar-refractivity contribution in [3.8, 4) is 0 Å². The van der Waals surface area contributed by atoms with Crippen molar-refractivity contribution in [1.29, 1.82) is 0 Å². The van der Waals surface area contributed by atoms with Crippen molar-refractivity contribution in [1.82, 2.24) is 0 Å². The number of aryl methyl sites for hydroxylation is 1. The van der Waals surface area contributed by atoms with Gasteiger partial charge in [0.15, 0.2) is 0 Å². The van der Waals surface area contributed by atoms with E-state index in [0.29, 0.717) is 10.2 Å². The summed E-state index contributed by atoms with van der Waals surface area (Å²) in [6.45, 7) is 3.75. The highest BCUT2D eigenvalue weighted by Gasteiger charge is 2.23. The standard InChI is InChI=1S/C14H12BrCl2NO2S/c1-8-4-3-5-13(9(8)2)18-21(19,20)14-11(16)6-10(15)7-12(14)17/h3-7,18H,1-2H3. The molecule has 2 rings (SSSR count). The molecule has 0 bridgehead atoms. The Balaban J connectivity index is 2.51. The van der Waals surface area contributed by atoms with Gasteiger partial charge in [-0.1, -0.05) is 51.3 Å². The lowest BCUT2D eigenvalue weighted by atomic mass is 10.1. The molecule has 0 spiro atoms. The molecule has 2 aromatic carbocycles. The van der Waals surface area contributed by atoms with Crippen molar-refractivity contribution in [3.63, 3.8) is 0 Å². The summed E-state index contributed by atoms with van der Waals surface area (Å²) in [5, 5.41) is 0.124. The van der Waals surface area contributed by atoms with E-state index in [1.165, 1.54) is 12.1 Å². The normalized spacial score (nSPS) is 11.5. The minimum absolute atomic E-state index is 0.0622. The highest BCUT2D eigenvalue weighted by molar-refractivity contribution is 9.10. The van der Waals surface area contributed by atoms with Crippen LogP contribution in [0.4, 0.5) is 5.69 Å². The fraction of sp³-hybridized carbons (Fsp3) is 0.143. The van der Waals surface area contributed by atoms with Crippen molar-refractivity contribution in [2.24, 2.45) is 0 Å². The summed E-state index contributed by atoms with van der Waals surface area (Å²) in [5.41, 5.74) is 2.35. The van der Waals surface area contributed by atoms with Gasteiger partial charge in [0.2, 0.25) is 0 Å². The number of rotatable bonds is 3. The largest absolute Gasteiger partial charge is 0.279 e. The van der Waals surface area contributed by atoms with Gasteiger partial charge < -0.3 is 0 Å². The summed E-state index contributed by atoms with van der Waals surface area (Å²) in [6, 6.07) is 8.37. The third-order valence-electron chi connectivity index (χ3n) is 3.08. The number of anilines is 1. The molecule has 0 aliphatic heterocycles. The maximum Gasteiger partial charge on any atom is 0.264 e. The summed E-state index contributed by atoms with van der Waals surface area (Å²) >= 11 is 15.3. The van der Waals surface area contributed by atoms with Gasteiger partial charge in [0.25, 0.3) is 10.0 Å². The fourth-order valence-corrected chi connectivity index (χ4v) is 4.91. The summed E-state index contributed by atoms with van der Waals surface area (Å²) in [5.74, 6) is 0. The van der Waals surface area contributed by atoms with Crippen LogP contribution in [0.3, 0.4) is 0 Å². The van der Waals surface area contributed by atoms with E-state index in [2.05, 4.69) is 20.7 Å². The Hall–Kier alpha value is -0.750. The van der Waals surface area contributed by atoms with Crippen LogP contribution in [0.1, 0.15) is 11.1 Å². The van der Waals surface area contributed by atoms with Crippen molar-refractivity contribution in [3.05, 3.63) is 56.0 Å². The van der Waals surface area contributed by atoms with E-state index < -0.39 is 10.0 Å². The van der Waals surface area contributed by atoms with Gasteiger partial charge in [-0.3, -0.25) is 4.72 Å². The van der Waals surface area contributed by atoms with E-state index in [-0.39, 0.29) is 14.9 Å². The Morgan fingerprint density at radius 1 is 1.10 bits per heavy atom. The molecular weight excluding hydrogens is 397 g/mol. The molecule has 0 radical (unpaired) electrons. The number of sulfonamides is 1. The Morgan fingerprint density at radius 3 is 2.24 bits per heavy atom. The van der Waals surface area contributed by atoms with Crippen LogP contribution in [0.2, 0.25) is 10.0 Å². The van der Waals surface area contributed by atoms with Gasteiger partial charge in [0.05, 0.1) is 15.7 Å². The first-order valence-electron chi connectivity index (χ1n) is 5.96. The number of hydrogen-bond acceptors (Lipinski definition) is 2. The lowest BCUT2D eigenvalue weighted by molar-refractivity contribution is 0.601. The Labute approximate surface area is 142 Å². The lowest BCUT2D eigenvalue weighted by Gasteiger charge is -2.14. The second kappa shape index (κ2) is 6.16. The van der Waals surface area contributed by atoms with E-state index in [9.17, 15) is 8.42 Å². The second-order valence-corrected chi connectivity index (χ2v) is 7.90. The fourth-order valence-electron chi connectivity index (χ4n) is 1.84. The molecule has 0 amide bonds. The maximum absolute atomic E-state index is 12.5.